The molecule has 0 radical (unpaired) electrons. The molecule has 1 fully saturated rings. The van der Waals surface area contributed by atoms with Crippen LogP contribution in [0.5, 0.6) is 0 Å². The third-order valence-electron chi connectivity index (χ3n) is 4.72. The maximum absolute atomic E-state index is 6.17. The summed E-state index contributed by atoms with van der Waals surface area (Å²) in [4.78, 5) is 4.64. The van der Waals surface area contributed by atoms with Crippen LogP contribution < -0.4 is 10.2 Å². The minimum Gasteiger partial charge on any atom is -0.368 e. The van der Waals surface area contributed by atoms with E-state index >= 15 is 0 Å². The first-order valence-electron chi connectivity index (χ1n) is 8.73. The molecule has 132 valence electrons. The molecule has 2 aromatic rings. The minimum atomic E-state index is 0.788. The van der Waals surface area contributed by atoms with Gasteiger partial charge in [-0.15, -0.1) is 0 Å². The van der Waals surface area contributed by atoms with E-state index in [1.54, 1.807) is 0 Å². The van der Waals surface area contributed by atoms with Crippen LogP contribution in [0, 0.1) is 6.92 Å². The first kappa shape index (κ1) is 18.0. The van der Waals surface area contributed by atoms with Crippen molar-refractivity contribution in [3.63, 3.8) is 0 Å². The first-order valence-corrected chi connectivity index (χ1v) is 9.52. The zero-order chi connectivity index (χ0) is 17.8. The van der Waals surface area contributed by atoms with Gasteiger partial charge in [-0.1, -0.05) is 42.8 Å². The summed E-state index contributed by atoms with van der Waals surface area (Å²) in [6, 6.07) is 14.4. The molecule has 2 aromatic carbocycles. The average Bonchev–Trinajstić information content (AvgIpc) is 2.64. The van der Waals surface area contributed by atoms with E-state index in [-0.39, 0.29) is 0 Å². The fourth-order valence-electron chi connectivity index (χ4n) is 3.22. The number of thiocarbonyl (C=S) groups is 1. The Kier molecular flexibility index (Phi) is 5.82. The van der Waals surface area contributed by atoms with Gasteiger partial charge in [0, 0.05) is 42.6 Å². The first-order chi connectivity index (χ1) is 12.1. The molecule has 0 unspecified atom stereocenters. The Morgan fingerprint density at radius 3 is 2.56 bits per heavy atom. The van der Waals surface area contributed by atoms with Gasteiger partial charge in [0.15, 0.2) is 5.11 Å². The average molecular weight is 374 g/mol. The number of hydrogen-bond acceptors (Lipinski definition) is 2. The topological polar surface area (TPSA) is 18.5 Å². The van der Waals surface area contributed by atoms with Gasteiger partial charge in [-0.3, -0.25) is 0 Å². The largest absolute Gasteiger partial charge is 0.368 e. The van der Waals surface area contributed by atoms with Crippen molar-refractivity contribution in [1.29, 1.82) is 0 Å². The van der Waals surface area contributed by atoms with Crippen LogP contribution in [0.1, 0.15) is 18.1 Å². The van der Waals surface area contributed by atoms with E-state index in [2.05, 4.69) is 59.3 Å². The van der Waals surface area contributed by atoms with Crippen LogP contribution in [0.3, 0.4) is 0 Å². The number of aryl methyl sites for hydroxylation is 2. The van der Waals surface area contributed by atoms with Crippen LogP contribution in [0.25, 0.3) is 0 Å². The van der Waals surface area contributed by atoms with E-state index in [0.717, 1.165) is 48.4 Å². The molecule has 1 aliphatic rings. The molecule has 0 amide bonds. The van der Waals surface area contributed by atoms with Crippen molar-refractivity contribution < 1.29 is 0 Å². The second kappa shape index (κ2) is 8.07. The van der Waals surface area contributed by atoms with E-state index in [1.807, 2.05) is 12.1 Å². The highest BCUT2D eigenvalue weighted by Gasteiger charge is 2.20. The monoisotopic (exact) mass is 373 g/mol. The van der Waals surface area contributed by atoms with E-state index in [0.29, 0.717) is 0 Å². The van der Waals surface area contributed by atoms with Gasteiger partial charge in [-0.05, 0) is 54.9 Å². The Morgan fingerprint density at radius 2 is 1.84 bits per heavy atom. The molecule has 1 aliphatic heterocycles. The van der Waals surface area contributed by atoms with Crippen molar-refractivity contribution in [2.24, 2.45) is 0 Å². The number of nitrogens with one attached hydrogen (secondary N) is 1. The molecule has 0 aliphatic carbocycles. The van der Waals surface area contributed by atoms with Gasteiger partial charge in [-0.25, -0.2) is 0 Å². The summed E-state index contributed by atoms with van der Waals surface area (Å²) in [5.41, 5.74) is 4.89. The summed E-state index contributed by atoms with van der Waals surface area (Å²) in [5, 5.41) is 5.02. The van der Waals surface area contributed by atoms with Crippen LogP contribution in [-0.2, 0) is 6.42 Å². The van der Waals surface area contributed by atoms with Crippen LogP contribution in [0.15, 0.2) is 42.5 Å². The quantitative estimate of drug-likeness (QED) is 0.783. The minimum absolute atomic E-state index is 0.788. The summed E-state index contributed by atoms with van der Waals surface area (Å²) in [6.07, 6.45) is 0.994. The predicted octanol–water partition coefficient (Wildman–Crippen LogP) is 4.73. The van der Waals surface area contributed by atoms with Gasteiger partial charge in [0.2, 0.25) is 0 Å². The predicted molar refractivity (Wildman–Crippen MR) is 112 cm³/mol. The number of hydrogen-bond donors (Lipinski definition) is 1. The molecule has 1 heterocycles. The van der Waals surface area contributed by atoms with Gasteiger partial charge in [0.1, 0.15) is 0 Å². The Bertz CT molecular complexity index is 754. The third-order valence-corrected chi connectivity index (χ3v) is 5.31. The zero-order valence-corrected chi connectivity index (χ0v) is 16.3. The van der Waals surface area contributed by atoms with E-state index in [9.17, 15) is 0 Å². The Hall–Kier alpha value is -1.78. The number of nitrogens with zero attached hydrogens (tertiary/aromatic N) is 2. The fourth-order valence-corrected chi connectivity index (χ4v) is 3.68. The van der Waals surface area contributed by atoms with Gasteiger partial charge < -0.3 is 15.1 Å². The second-order valence-corrected chi connectivity index (χ2v) is 7.17. The molecule has 1 saturated heterocycles. The van der Waals surface area contributed by atoms with Crippen LogP contribution in [-0.4, -0.2) is 36.2 Å². The fraction of sp³-hybridized carbons (Fsp3) is 0.350. The molecular weight excluding hydrogens is 350 g/mol. The summed E-state index contributed by atoms with van der Waals surface area (Å²) >= 11 is 11.8. The summed E-state index contributed by atoms with van der Waals surface area (Å²) < 4.78 is 0. The third kappa shape index (κ3) is 4.25. The van der Waals surface area contributed by atoms with Crippen LogP contribution in [0.2, 0.25) is 5.02 Å². The number of anilines is 2. The smallest absolute Gasteiger partial charge is 0.173 e. The lowest BCUT2D eigenvalue weighted by Crippen LogP contribution is -2.50. The molecule has 0 saturated carbocycles. The van der Waals surface area contributed by atoms with Gasteiger partial charge in [-0.2, -0.15) is 0 Å². The molecule has 3 nitrogen and oxygen atoms in total. The summed E-state index contributed by atoms with van der Waals surface area (Å²) in [7, 11) is 0. The zero-order valence-electron chi connectivity index (χ0n) is 14.8. The lowest BCUT2D eigenvalue weighted by atomic mass is 10.1. The number of halogens is 1. The van der Waals surface area contributed by atoms with Gasteiger partial charge in [0.05, 0.1) is 0 Å². The van der Waals surface area contributed by atoms with Crippen LogP contribution >= 0.6 is 23.8 Å². The van der Waals surface area contributed by atoms with Crippen molar-refractivity contribution in [3.05, 3.63) is 58.6 Å². The van der Waals surface area contributed by atoms with Crippen molar-refractivity contribution >= 4 is 40.3 Å². The number of rotatable bonds is 3. The Morgan fingerprint density at radius 1 is 1.12 bits per heavy atom. The number of benzene rings is 2. The molecule has 0 spiro atoms. The Labute approximate surface area is 160 Å². The molecule has 3 rings (SSSR count). The Balaban J connectivity index is 1.62. The SMILES string of the molecule is CCc1ccccc1NC(=S)N1CCN(c2cc(Cl)ccc2C)CC1. The highest BCUT2D eigenvalue weighted by Crippen LogP contribution is 2.25. The molecule has 5 heteroatoms. The normalized spacial score (nSPS) is 14.5. The van der Waals surface area contributed by atoms with E-state index in [1.165, 1.54) is 16.8 Å². The van der Waals surface area contributed by atoms with Crippen molar-refractivity contribution in [1.82, 2.24) is 4.90 Å². The molecule has 1 N–H and O–H groups in total. The number of para-hydroxylation sites is 1. The summed E-state index contributed by atoms with van der Waals surface area (Å²) in [5.74, 6) is 0. The van der Waals surface area contributed by atoms with Gasteiger partial charge >= 0.3 is 0 Å². The van der Waals surface area contributed by atoms with Crippen molar-refractivity contribution in [2.45, 2.75) is 20.3 Å². The lowest BCUT2D eigenvalue weighted by Gasteiger charge is -2.38. The summed E-state index contributed by atoms with van der Waals surface area (Å²) in [6.45, 7) is 8.00. The maximum atomic E-state index is 6.17. The van der Waals surface area contributed by atoms with Crippen molar-refractivity contribution in [2.75, 3.05) is 36.4 Å². The van der Waals surface area contributed by atoms with Crippen molar-refractivity contribution in [3.8, 4) is 0 Å². The molecule has 0 aromatic heterocycles. The van der Waals surface area contributed by atoms with E-state index in [4.69, 9.17) is 23.8 Å². The van der Waals surface area contributed by atoms with Gasteiger partial charge in [0.25, 0.3) is 0 Å². The molecular formula is C20H24ClN3S. The molecule has 25 heavy (non-hydrogen) atoms. The standard InChI is InChI=1S/C20H24ClN3S/c1-3-16-6-4-5-7-18(16)22-20(25)24-12-10-23(11-13-24)19-14-17(21)9-8-15(19)2/h4-9,14H,3,10-13H2,1-2H3,(H,22,25). The van der Waals surface area contributed by atoms with Crippen LogP contribution in [0.4, 0.5) is 11.4 Å². The molecule has 0 bridgehead atoms. The van der Waals surface area contributed by atoms with E-state index < -0.39 is 0 Å². The number of piperazine rings is 1. The highest BCUT2D eigenvalue weighted by atomic mass is 35.5. The highest BCUT2D eigenvalue weighted by molar-refractivity contribution is 7.80. The molecule has 0 atom stereocenters. The maximum Gasteiger partial charge on any atom is 0.173 e. The second-order valence-electron chi connectivity index (χ2n) is 6.35. The lowest BCUT2D eigenvalue weighted by molar-refractivity contribution is 0.390.